The van der Waals surface area contributed by atoms with Gasteiger partial charge in [0.1, 0.15) is 17.2 Å². The SMILES string of the molecule is COc1ccc(Cl)cc1N1C[C@@H](C(=O)Nc2ccc(Oc3ccccc3)cc2)CC1=O. The van der Waals surface area contributed by atoms with Crippen molar-refractivity contribution in [1.82, 2.24) is 0 Å². The summed E-state index contributed by atoms with van der Waals surface area (Å²) >= 11 is 6.09. The predicted octanol–water partition coefficient (Wildman–Crippen LogP) is 5.13. The minimum atomic E-state index is -0.476. The number of benzene rings is 3. The van der Waals surface area contributed by atoms with Gasteiger partial charge in [-0.3, -0.25) is 9.59 Å². The summed E-state index contributed by atoms with van der Waals surface area (Å²) in [6.07, 6.45) is 0.122. The van der Waals surface area contributed by atoms with Crippen LogP contribution in [-0.2, 0) is 9.59 Å². The predicted molar refractivity (Wildman–Crippen MR) is 120 cm³/mol. The number of carbonyl (C=O) groups is 2. The fraction of sp³-hybridized carbons (Fsp3) is 0.167. The Morgan fingerprint density at radius 1 is 1.03 bits per heavy atom. The molecule has 31 heavy (non-hydrogen) atoms. The van der Waals surface area contributed by atoms with Gasteiger partial charge in [0.25, 0.3) is 0 Å². The van der Waals surface area contributed by atoms with Gasteiger partial charge in [-0.25, -0.2) is 0 Å². The normalized spacial score (nSPS) is 15.6. The molecule has 2 amide bonds. The molecule has 3 aromatic rings. The quantitative estimate of drug-likeness (QED) is 0.581. The standard InChI is InChI=1S/C24H21ClN2O4/c1-30-22-12-7-17(25)14-21(22)27-15-16(13-23(27)28)24(29)26-18-8-10-20(11-9-18)31-19-5-3-2-4-6-19/h2-12,14,16H,13,15H2,1H3,(H,26,29)/t16-/m0/s1. The van der Waals surface area contributed by atoms with E-state index in [9.17, 15) is 9.59 Å². The van der Waals surface area contributed by atoms with E-state index in [0.29, 0.717) is 27.9 Å². The van der Waals surface area contributed by atoms with Crippen LogP contribution in [0.15, 0.2) is 72.8 Å². The van der Waals surface area contributed by atoms with Crippen molar-refractivity contribution < 1.29 is 19.1 Å². The van der Waals surface area contributed by atoms with Gasteiger partial charge in [0.2, 0.25) is 11.8 Å². The Kier molecular flexibility index (Phi) is 6.09. The summed E-state index contributed by atoms with van der Waals surface area (Å²) in [4.78, 5) is 26.9. The first-order valence-electron chi connectivity index (χ1n) is 9.81. The molecule has 1 aliphatic heterocycles. The van der Waals surface area contributed by atoms with E-state index >= 15 is 0 Å². The minimum absolute atomic E-state index is 0.122. The third-order valence-corrected chi connectivity index (χ3v) is 5.26. The van der Waals surface area contributed by atoms with Gasteiger partial charge >= 0.3 is 0 Å². The highest BCUT2D eigenvalue weighted by atomic mass is 35.5. The molecule has 0 bridgehead atoms. The van der Waals surface area contributed by atoms with Gasteiger partial charge in [-0.2, -0.15) is 0 Å². The lowest BCUT2D eigenvalue weighted by atomic mass is 10.1. The molecule has 1 aliphatic rings. The van der Waals surface area contributed by atoms with Crippen molar-refractivity contribution in [3.05, 3.63) is 77.8 Å². The van der Waals surface area contributed by atoms with Crippen LogP contribution < -0.4 is 19.7 Å². The highest BCUT2D eigenvalue weighted by Gasteiger charge is 2.36. The third-order valence-electron chi connectivity index (χ3n) is 5.03. The van der Waals surface area contributed by atoms with Crippen molar-refractivity contribution in [2.75, 3.05) is 23.9 Å². The molecule has 0 saturated carbocycles. The monoisotopic (exact) mass is 436 g/mol. The fourth-order valence-corrected chi connectivity index (χ4v) is 3.63. The van der Waals surface area contributed by atoms with E-state index in [2.05, 4.69) is 5.32 Å². The van der Waals surface area contributed by atoms with Gasteiger partial charge in [0, 0.05) is 23.7 Å². The summed E-state index contributed by atoms with van der Waals surface area (Å²) in [5.41, 5.74) is 1.20. The van der Waals surface area contributed by atoms with Gasteiger partial charge in [0.15, 0.2) is 0 Å². The summed E-state index contributed by atoms with van der Waals surface area (Å²) < 4.78 is 11.1. The van der Waals surface area contributed by atoms with Gasteiger partial charge in [-0.1, -0.05) is 29.8 Å². The zero-order chi connectivity index (χ0) is 21.8. The maximum atomic E-state index is 12.8. The van der Waals surface area contributed by atoms with Crippen molar-refractivity contribution in [1.29, 1.82) is 0 Å². The molecule has 3 aromatic carbocycles. The summed E-state index contributed by atoms with van der Waals surface area (Å²) in [6, 6.07) is 21.6. The van der Waals surface area contributed by atoms with E-state index in [1.807, 2.05) is 30.3 Å². The van der Waals surface area contributed by atoms with Gasteiger partial charge in [0.05, 0.1) is 18.7 Å². The van der Waals surface area contributed by atoms with Crippen molar-refractivity contribution >= 4 is 34.8 Å². The molecule has 0 unspecified atom stereocenters. The zero-order valence-corrected chi connectivity index (χ0v) is 17.6. The molecule has 0 aromatic heterocycles. The van der Waals surface area contributed by atoms with Crippen LogP contribution in [0.1, 0.15) is 6.42 Å². The van der Waals surface area contributed by atoms with E-state index in [0.717, 1.165) is 5.75 Å². The average Bonchev–Trinajstić information content (AvgIpc) is 3.17. The van der Waals surface area contributed by atoms with Crippen molar-refractivity contribution in [3.63, 3.8) is 0 Å². The molecule has 0 spiro atoms. The van der Waals surface area contributed by atoms with E-state index in [1.165, 1.54) is 7.11 Å². The molecule has 6 nitrogen and oxygen atoms in total. The number of ether oxygens (including phenoxy) is 2. The lowest BCUT2D eigenvalue weighted by Gasteiger charge is -2.20. The lowest BCUT2D eigenvalue weighted by molar-refractivity contribution is -0.122. The third kappa shape index (κ3) is 4.81. The number of rotatable bonds is 6. The van der Waals surface area contributed by atoms with Crippen LogP contribution in [0.5, 0.6) is 17.2 Å². The largest absolute Gasteiger partial charge is 0.495 e. The number of hydrogen-bond acceptors (Lipinski definition) is 4. The highest BCUT2D eigenvalue weighted by molar-refractivity contribution is 6.31. The molecule has 4 rings (SSSR count). The number of anilines is 2. The topological polar surface area (TPSA) is 67.9 Å². The van der Waals surface area contributed by atoms with Crippen molar-refractivity contribution in [2.24, 2.45) is 5.92 Å². The molecule has 1 atom stereocenters. The van der Waals surface area contributed by atoms with Gasteiger partial charge in [-0.15, -0.1) is 0 Å². The fourth-order valence-electron chi connectivity index (χ4n) is 3.47. The number of amides is 2. The molecule has 7 heteroatoms. The first kappa shape index (κ1) is 20.8. The molecule has 1 saturated heterocycles. The Balaban J connectivity index is 1.40. The number of halogens is 1. The Bertz CT molecular complexity index is 1090. The molecule has 1 N–H and O–H groups in total. The molecule has 0 radical (unpaired) electrons. The van der Waals surface area contributed by atoms with E-state index in [1.54, 1.807) is 47.4 Å². The second kappa shape index (κ2) is 9.10. The Labute approximate surface area is 185 Å². The minimum Gasteiger partial charge on any atom is -0.495 e. The Morgan fingerprint density at radius 3 is 2.45 bits per heavy atom. The van der Waals surface area contributed by atoms with Crippen LogP contribution in [0, 0.1) is 5.92 Å². The van der Waals surface area contributed by atoms with Gasteiger partial charge < -0.3 is 19.7 Å². The number of para-hydroxylation sites is 1. The first-order valence-corrected chi connectivity index (χ1v) is 10.2. The van der Waals surface area contributed by atoms with Gasteiger partial charge in [-0.05, 0) is 54.6 Å². The molecule has 158 valence electrons. The molecule has 1 heterocycles. The lowest BCUT2D eigenvalue weighted by Crippen LogP contribution is -2.28. The van der Waals surface area contributed by atoms with E-state index < -0.39 is 5.92 Å². The van der Waals surface area contributed by atoms with Crippen molar-refractivity contribution in [3.8, 4) is 17.2 Å². The second-order valence-electron chi connectivity index (χ2n) is 7.15. The Morgan fingerprint density at radius 2 is 1.74 bits per heavy atom. The van der Waals surface area contributed by atoms with Crippen LogP contribution >= 0.6 is 11.6 Å². The average molecular weight is 437 g/mol. The number of hydrogen-bond donors (Lipinski definition) is 1. The first-order chi connectivity index (χ1) is 15.0. The number of methoxy groups -OCH3 is 1. The summed E-state index contributed by atoms with van der Waals surface area (Å²) in [7, 11) is 1.53. The molecular weight excluding hydrogens is 416 g/mol. The van der Waals surface area contributed by atoms with Crippen LogP contribution in [-0.4, -0.2) is 25.5 Å². The van der Waals surface area contributed by atoms with Crippen LogP contribution in [0.4, 0.5) is 11.4 Å². The highest BCUT2D eigenvalue weighted by Crippen LogP contribution is 2.35. The number of carbonyl (C=O) groups excluding carboxylic acids is 2. The van der Waals surface area contributed by atoms with Crippen LogP contribution in [0.25, 0.3) is 0 Å². The maximum Gasteiger partial charge on any atom is 0.229 e. The van der Waals surface area contributed by atoms with E-state index in [-0.39, 0.29) is 24.8 Å². The van der Waals surface area contributed by atoms with Crippen molar-refractivity contribution in [2.45, 2.75) is 6.42 Å². The Hall–Kier alpha value is -3.51. The zero-order valence-electron chi connectivity index (χ0n) is 16.9. The van der Waals surface area contributed by atoms with Crippen LogP contribution in [0.3, 0.4) is 0 Å². The smallest absolute Gasteiger partial charge is 0.229 e. The molecule has 0 aliphatic carbocycles. The number of nitrogens with one attached hydrogen (secondary N) is 1. The summed E-state index contributed by atoms with van der Waals surface area (Å²) in [6.45, 7) is 0.260. The molecular formula is C24H21ClN2O4. The van der Waals surface area contributed by atoms with E-state index in [4.69, 9.17) is 21.1 Å². The van der Waals surface area contributed by atoms with Crippen LogP contribution in [0.2, 0.25) is 5.02 Å². The maximum absolute atomic E-state index is 12.8. The number of nitrogens with zero attached hydrogens (tertiary/aromatic N) is 1. The summed E-state index contributed by atoms with van der Waals surface area (Å²) in [5, 5.41) is 3.37. The molecule has 1 fully saturated rings. The second-order valence-corrected chi connectivity index (χ2v) is 7.59. The summed E-state index contributed by atoms with van der Waals surface area (Å²) in [5.74, 6) is 1.10.